The molecule has 0 fully saturated rings. The zero-order valence-electron chi connectivity index (χ0n) is 7.00. The van der Waals surface area contributed by atoms with Gasteiger partial charge in [0.15, 0.2) is 0 Å². The lowest BCUT2D eigenvalue weighted by Crippen LogP contribution is -1.84. The second kappa shape index (κ2) is 3.56. The Balaban J connectivity index is 2.81. The van der Waals surface area contributed by atoms with Gasteiger partial charge in [0.25, 0.3) is 0 Å². The fourth-order valence-electron chi connectivity index (χ4n) is 1.28. The van der Waals surface area contributed by atoms with E-state index in [0.717, 1.165) is 17.1 Å². The number of benzene rings is 1. The lowest BCUT2D eigenvalue weighted by atomic mass is 10.1. The van der Waals surface area contributed by atoms with Crippen molar-refractivity contribution in [1.29, 1.82) is 0 Å². The number of hydrogen-bond donors (Lipinski definition) is 0. The van der Waals surface area contributed by atoms with Crippen LogP contribution in [0.25, 0.3) is 10.8 Å². The summed E-state index contributed by atoms with van der Waals surface area (Å²) in [6.07, 6.45) is 0.779. The van der Waals surface area contributed by atoms with Gasteiger partial charge in [0.2, 0.25) is 0 Å². The third-order valence-electron chi connectivity index (χ3n) is 1.91. The first-order chi connectivity index (χ1) is 6.70. The number of carbonyl (C=O) groups excluding carboxylic acids is 1. The van der Waals surface area contributed by atoms with Crippen molar-refractivity contribution in [2.45, 2.75) is 0 Å². The van der Waals surface area contributed by atoms with Crippen LogP contribution in [0.5, 0.6) is 0 Å². The van der Waals surface area contributed by atoms with E-state index in [1.165, 1.54) is 0 Å². The lowest BCUT2D eigenvalue weighted by molar-refractivity contribution is 0.112. The van der Waals surface area contributed by atoms with E-state index >= 15 is 0 Å². The number of rotatable bonds is 1. The topological polar surface area (TPSA) is 30.0 Å². The molecule has 1 aromatic heterocycles. The maximum absolute atomic E-state index is 10.5. The summed E-state index contributed by atoms with van der Waals surface area (Å²) >= 11 is 11.6. The first-order valence-electron chi connectivity index (χ1n) is 3.91. The molecular formula is C10H5Cl2NO. The molecule has 1 aromatic carbocycles. The first kappa shape index (κ1) is 9.44. The van der Waals surface area contributed by atoms with Crippen LogP contribution in [0.3, 0.4) is 0 Å². The number of aromatic nitrogens is 1. The summed E-state index contributed by atoms with van der Waals surface area (Å²) in [5.74, 6) is 0. The van der Waals surface area contributed by atoms with Gasteiger partial charge in [-0.2, -0.15) is 0 Å². The van der Waals surface area contributed by atoms with E-state index in [0.29, 0.717) is 15.9 Å². The average Bonchev–Trinajstić information content (AvgIpc) is 2.16. The zero-order chi connectivity index (χ0) is 10.1. The Morgan fingerprint density at radius 1 is 1.21 bits per heavy atom. The SMILES string of the molecule is O=Cc1ccc2c(Cl)nc(Cl)cc2c1. The molecule has 0 aliphatic rings. The number of pyridine rings is 1. The molecular weight excluding hydrogens is 221 g/mol. The lowest BCUT2D eigenvalue weighted by Gasteiger charge is -2.01. The van der Waals surface area contributed by atoms with Gasteiger partial charge in [0.1, 0.15) is 16.6 Å². The molecule has 0 unspecified atom stereocenters. The van der Waals surface area contributed by atoms with Crippen LogP contribution in [0, 0.1) is 0 Å². The molecule has 0 saturated heterocycles. The van der Waals surface area contributed by atoms with E-state index in [9.17, 15) is 4.79 Å². The maximum Gasteiger partial charge on any atom is 0.150 e. The molecule has 0 atom stereocenters. The summed E-state index contributed by atoms with van der Waals surface area (Å²) in [5.41, 5.74) is 0.593. The molecule has 70 valence electrons. The minimum atomic E-state index is 0.325. The molecule has 2 aromatic rings. The fourth-order valence-corrected chi connectivity index (χ4v) is 1.78. The average molecular weight is 226 g/mol. The molecule has 2 nitrogen and oxygen atoms in total. The molecule has 4 heteroatoms. The van der Waals surface area contributed by atoms with Gasteiger partial charge >= 0.3 is 0 Å². The van der Waals surface area contributed by atoms with Crippen molar-refractivity contribution in [3.05, 3.63) is 40.1 Å². The Kier molecular flexibility index (Phi) is 2.40. The van der Waals surface area contributed by atoms with Crippen molar-refractivity contribution in [3.63, 3.8) is 0 Å². The van der Waals surface area contributed by atoms with Crippen molar-refractivity contribution in [2.24, 2.45) is 0 Å². The highest BCUT2D eigenvalue weighted by molar-refractivity contribution is 6.36. The van der Waals surface area contributed by atoms with Crippen molar-refractivity contribution in [3.8, 4) is 0 Å². The molecule has 0 aliphatic carbocycles. The third kappa shape index (κ3) is 1.59. The normalized spacial score (nSPS) is 10.4. The highest BCUT2D eigenvalue weighted by Crippen LogP contribution is 2.25. The first-order valence-corrected chi connectivity index (χ1v) is 4.67. The highest BCUT2D eigenvalue weighted by atomic mass is 35.5. The van der Waals surface area contributed by atoms with Gasteiger partial charge in [0.05, 0.1) is 0 Å². The quantitative estimate of drug-likeness (QED) is 0.551. The predicted octanol–water partition coefficient (Wildman–Crippen LogP) is 3.35. The number of nitrogens with zero attached hydrogens (tertiary/aromatic N) is 1. The van der Waals surface area contributed by atoms with Gasteiger partial charge in [-0.1, -0.05) is 35.3 Å². The van der Waals surface area contributed by atoms with Gasteiger partial charge in [-0.15, -0.1) is 0 Å². The smallest absolute Gasteiger partial charge is 0.150 e. The summed E-state index contributed by atoms with van der Waals surface area (Å²) in [4.78, 5) is 14.4. The van der Waals surface area contributed by atoms with Crippen molar-refractivity contribution < 1.29 is 4.79 Å². The number of aldehydes is 1. The zero-order valence-corrected chi connectivity index (χ0v) is 8.51. The standard InChI is InChI=1S/C10H5Cl2NO/c11-9-4-7-3-6(5-14)1-2-8(7)10(12)13-9/h1-5H. The molecule has 0 radical (unpaired) electrons. The Hall–Kier alpha value is -1.12. The molecule has 2 rings (SSSR count). The fraction of sp³-hybridized carbons (Fsp3) is 0. The van der Waals surface area contributed by atoms with E-state index in [2.05, 4.69) is 4.98 Å². The van der Waals surface area contributed by atoms with Gasteiger partial charge in [-0.25, -0.2) is 4.98 Å². The largest absolute Gasteiger partial charge is 0.298 e. The van der Waals surface area contributed by atoms with Crippen LogP contribution >= 0.6 is 23.2 Å². The van der Waals surface area contributed by atoms with Crippen LogP contribution in [0.15, 0.2) is 24.3 Å². The predicted molar refractivity (Wildman–Crippen MR) is 57.2 cm³/mol. The number of carbonyl (C=O) groups is 1. The second-order valence-corrected chi connectivity index (χ2v) is 3.58. The van der Waals surface area contributed by atoms with Gasteiger partial charge in [-0.05, 0) is 17.5 Å². The maximum atomic E-state index is 10.5. The van der Waals surface area contributed by atoms with E-state index < -0.39 is 0 Å². The van der Waals surface area contributed by atoms with Crippen LogP contribution in [-0.4, -0.2) is 11.3 Å². The molecule has 0 N–H and O–H groups in total. The van der Waals surface area contributed by atoms with Crippen LogP contribution in [-0.2, 0) is 0 Å². The summed E-state index contributed by atoms with van der Waals surface area (Å²) in [7, 11) is 0. The summed E-state index contributed by atoms with van der Waals surface area (Å²) in [5, 5.41) is 2.29. The van der Waals surface area contributed by atoms with Crippen molar-refractivity contribution in [1.82, 2.24) is 4.98 Å². The Morgan fingerprint density at radius 2 is 2.00 bits per heavy atom. The Bertz CT molecular complexity index is 511. The van der Waals surface area contributed by atoms with E-state index in [-0.39, 0.29) is 0 Å². The molecule has 14 heavy (non-hydrogen) atoms. The Labute approximate surface area is 90.5 Å². The second-order valence-electron chi connectivity index (χ2n) is 2.83. The molecule has 0 aliphatic heterocycles. The van der Waals surface area contributed by atoms with Gasteiger partial charge in [-0.3, -0.25) is 4.79 Å². The van der Waals surface area contributed by atoms with Crippen LogP contribution in [0.2, 0.25) is 10.3 Å². The van der Waals surface area contributed by atoms with Crippen LogP contribution in [0.1, 0.15) is 10.4 Å². The summed E-state index contributed by atoms with van der Waals surface area (Å²) < 4.78 is 0. The minimum Gasteiger partial charge on any atom is -0.298 e. The molecule has 0 bridgehead atoms. The summed E-state index contributed by atoms with van der Waals surface area (Å²) in [6.45, 7) is 0. The Morgan fingerprint density at radius 3 is 2.71 bits per heavy atom. The number of fused-ring (bicyclic) bond motifs is 1. The van der Waals surface area contributed by atoms with E-state index in [1.807, 2.05) is 0 Å². The molecule has 1 heterocycles. The van der Waals surface area contributed by atoms with Crippen molar-refractivity contribution >= 4 is 40.3 Å². The monoisotopic (exact) mass is 225 g/mol. The molecule has 0 saturated carbocycles. The molecule has 0 spiro atoms. The van der Waals surface area contributed by atoms with Crippen LogP contribution in [0.4, 0.5) is 0 Å². The van der Waals surface area contributed by atoms with E-state index in [4.69, 9.17) is 23.2 Å². The van der Waals surface area contributed by atoms with Crippen LogP contribution < -0.4 is 0 Å². The highest BCUT2D eigenvalue weighted by Gasteiger charge is 2.03. The van der Waals surface area contributed by atoms with Gasteiger partial charge < -0.3 is 0 Å². The third-order valence-corrected chi connectivity index (χ3v) is 2.40. The van der Waals surface area contributed by atoms with Crippen molar-refractivity contribution in [2.75, 3.05) is 0 Å². The number of hydrogen-bond acceptors (Lipinski definition) is 2. The molecule has 0 amide bonds. The number of halogens is 2. The van der Waals surface area contributed by atoms with Gasteiger partial charge in [0, 0.05) is 10.9 Å². The summed E-state index contributed by atoms with van der Waals surface area (Å²) in [6, 6.07) is 6.85. The minimum absolute atomic E-state index is 0.325. The van der Waals surface area contributed by atoms with E-state index in [1.54, 1.807) is 24.3 Å².